The zero-order valence-electron chi connectivity index (χ0n) is 35.7. The summed E-state index contributed by atoms with van der Waals surface area (Å²) in [6.07, 6.45) is 53.3. The van der Waals surface area contributed by atoms with Gasteiger partial charge in [-0.05, 0) is 77.0 Å². The lowest BCUT2D eigenvalue weighted by molar-refractivity contribution is -0.167. The van der Waals surface area contributed by atoms with Crippen LogP contribution in [0.15, 0.2) is 72.9 Å². The first-order chi connectivity index (χ1) is 27.0. The smallest absolute Gasteiger partial charge is 0.306 e. The third kappa shape index (κ3) is 41.8. The van der Waals surface area contributed by atoms with Gasteiger partial charge in [0.1, 0.15) is 13.2 Å². The highest BCUT2D eigenvalue weighted by molar-refractivity contribution is 5.71. The number of allylic oxidation sites excluding steroid dienone is 12. The maximum absolute atomic E-state index is 12.6. The Morgan fingerprint density at radius 1 is 0.382 bits per heavy atom. The minimum Gasteiger partial charge on any atom is -0.462 e. The van der Waals surface area contributed by atoms with Crippen molar-refractivity contribution in [2.24, 2.45) is 0 Å². The van der Waals surface area contributed by atoms with Crippen LogP contribution in [0.3, 0.4) is 0 Å². The molecule has 0 heterocycles. The third-order valence-electron chi connectivity index (χ3n) is 9.20. The summed E-state index contributed by atoms with van der Waals surface area (Å²) in [4.78, 5) is 37.6. The Morgan fingerprint density at radius 2 is 0.727 bits per heavy atom. The van der Waals surface area contributed by atoms with Gasteiger partial charge in [-0.1, -0.05) is 177 Å². The molecule has 0 aliphatic rings. The molecule has 0 rings (SSSR count). The van der Waals surface area contributed by atoms with Gasteiger partial charge in [0.15, 0.2) is 6.10 Å². The van der Waals surface area contributed by atoms with Gasteiger partial charge in [0.05, 0.1) is 0 Å². The highest BCUT2D eigenvalue weighted by Crippen LogP contribution is 2.12. The average Bonchev–Trinajstić information content (AvgIpc) is 3.18. The van der Waals surface area contributed by atoms with Crippen molar-refractivity contribution >= 4 is 17.9 Å². The van der Waals surface area contributed by atoms with Crippen molar-refractivity contribution in [1.29, 1.82) is 0 Å². The SMILES string of the molecule is CC/C=C\C/C=C\C/C=C\CCCC(=O)OC(COC(=O)CCC/C=C\C/C=C\C/C=C\CCCCCCCC)COC(=O)CCCCCCCCCCC. The van der Waals surface area contributed by atoms with E-state index < -0.39 is 6.10 Å². The summed E-state index contributed by atoms with van der Waals surface area (Å²) in [5.41, 5.74) is 0. The predicted molar refractivity (Wildman–Crippen MR) is 233 cm³/mol. The van der Waals surface area contributed by atoms with E-state index in [0.29, 0.717) is 19.3 Å². The van der Waals surface area contributed by atoms with Crippen LogP contribution in [0.2, 0.25) is 0 Å². The Hall–Kier alpha value is -3.15. The minimum atomic E-state index is -0.817. The standard InChI is InChI=1S/C49H82O6/c1-4-7-10-13-16-19-21-22-23-24-25-26-28-30-33-36-39-42-48(51)54-45-46(44-53-47(50)41-38-35-32-29-18-15-12-9-6-3)55-49(52)43-40-37-34-31-27-20-17-14-11-8-5-2/h8,11,17,20,22-23,25-26,30-31,33-34,46H,4-7,9-10,12-16,18-19,21,24,27-29,32,35-45H2,1-3H3/b11-8-,20-17-,23-22-,26-25-,33-30-,34-31-. The van der Waals surface area contributed by atoms with Gasteiger partial charge in [0, 0.05) is 19.3 Å². The molecule has 55 heavy (non-hydrogen) atoms. The van der Waals surface area contributed by atoms with E-state index >= 15 is 0 Å². The van der Waals surface area contributed by atoms with Gasteiger partial charge in [0.2, 0.25) is 0 Å². The van der Waals surface area contributed by atoms with E-state index in [2.05, 4.69) is 93.7 Å². The van der Waals surface area contributed by atoms with Crippen molar-refractivity contribution in [1.82, 2.24) is 0 Å². The Morgan fingerprint density at radius 3 is 1.18 bits per heavy atom. The monoisotopic (exact) mass is 767 g/mol. The Kier molecular flexibility index (Phi) is 41.1. The second kappa shape index (κ2) is 43.6. The fraction of sp³-hybridized carbons (Fsp3) is 0.694. The molecule has 314 valence electrons. The first-order valence-corrected chi connectivity index (χ1v) is 22.4. The lowest BCUT2D eigenvalue weighted by Crippen LogP contribution is -2.30. The zero-order valence-corrected chi connectivity index (χ0v) is 35.7. The molecule has 0 aromatic heterocycles. The van der Waals surface area contributed by atoms with Crippen molar-refractivity contribution in [3.63, 3.8) is 0 Å². The molecule has 0 aromatic carbocycles. The molecule has 0 N–H and O–H groups in total. The van der Waals surface area contributed by atoms with Crippen molar-refractivity contribution in [3.05, 3.63) is 72.9 Å². The second-order valence-electron chi connectivity index (χ2n) is 14.6. The molecule has 6 nitrogen and oxygen atoms in total. The van der Waals surface area contributed by atoms with E-state index in [9.17, 15) is 14.4 Å². The summed E-state index contributed by atoms with van der Waals surface area (Å²) in [5.74, 6) is -1.03. The Bertz CT molecular complexity index is 1070. The third-order valence-corrected chi connectivity index (χ3v) is 9.20. The summed E-state index contributed by atoms with van der Waals surface area (Å²) in [7, 11) is 0. The summed E-state index contributed by atoms with van der Waals surface area (Å²) >= 11 is 0. The molecular formula is C49H82O6. The summed E-state index contributed by atoms with van der Waals surface area (Å²) in [5, 5.41) is 0. The number of carbonyl (C=O) groups is 3. The average molecular weight is 767 g/mol. The molecule has 0 aromatic rings. The van der Waals surface area contributed by atoms with Gasteiger partial charge in [-0.15, -0.1) is 0 Å². The quantitative estimate of drug-likeness (QED) is 0.0268. The van der Waals surface area contributed by atoms with Crippen molar-refractivity contribution in [2.45, 2.75) is 207 Å². The van der Waals surface area contributed by atoms with Crippen LogP contribution in [0.1, 0.15) is 201 Å². The Labute approximate surface area is 338 Å². The summed E-state index contributed by atoms with van der Waals surface area (Å²) in [6.45, 7) is 6.38. The molecule has 0 saturated carbocycles. The number of hydrogen-bond acceptors (Lipinski definition) is 6. The molecular weight excluding hydrogens is 685 g/mol. The number of ether oxygens (including phenoxy) is 3. The van der Waals surface area contributed by atoms with E-state index in [1.165, 1.54) is 83.5 Å². The lowest BCUT2D eigenvalue weighted by Gasteiger charge is -2.18. The van der Waals surface area contributed by atoms with Gasteiger partial charge in [-0.25, -0.2) is 0 Å². The highest BCUT2D eigenvalue weighted by atomic mass is 16.6. The van der Waals surface area contributed by atoms with Gasteiger partial charge < -0.3 is 14.2 Å². The van der Waals surface area contributed by atoms with E-state index in [0.717, 1.165) is 64.2 Å². The van der Waals surface area contributed by atoms with Crippen LogP contribution in [0, 0.1) is 0 Å². The van der Waals surface area contributed by atoms with Crippen LogP contribution in [-0.4, -0.2) is 37.2 Å². The normalized spacial score (nSPS) is 12.7. The molecule has 0 amide bonds. The molecule has 0 bridgehead atoms. The largest absolute Gasteiger partial charge is 0.462 e. The molecule has 1 unspecified atom stereocenters. The highest BCUT2D eigenvalue weighted by Gasteiger charge is 2.19. The molecule has 6 heteroatoms. The fourth-order valence-corrected chi connectivity index (χ4v) is 5.83. The van der Waals surface area contributed by atoms with E-state index in [4.69, 9.17) is 14.2 Å². The van der Waals surface area contributed by atoms with E-state index in [1.807, 2.05) is 0 Å². The molecule has 0 spiro atoms. The van der Waals surface area contributed by atoms with Crippen LogP contribution >= 0.6 is 0 Å². The van der Waals surface area contributed by atoms with Gasteiger partial charge in [-0.3, -0.25) is 14.4 Å². The van der Waals surface area contributed by atoms with Crippen LogP contribution in [0.4, 0.5) is 0 Å². The minimum absolute atomic E-state index is 0.111. The molecule has 0 fully saturated rings. The van der Waals surface area contributed by atoms with Crippen molar-refractivity contribution < 1.29 is 28.6 Å². The number of unbranched alkanes of at least 4 members (excludes halogenated alkanes) is 16. The lowest BCUT2D eigenvalue weighted by atomic mass is 10.1. The van der Waals surface area contributed by atoms with Crippen LogP contribution < -0.4 is 0 Å². The maximum atomic E-state index is 12.6. The molecule has 0 saturated heterocycles. The predicted octanol–water partition coefficient (Wildman–Crippen LogP) is 14.3. The van der Waals surface area contributed by atoms with Crippen LogP contribution in [0.5, 0.6) is 0 Å². The van der Waals surface area contributed by atoms with Gasteiger partial charge >= 0.3 is 17.9 Å². The first-order valence-electron chi connectivity index (χ1n) is 22.4. The van der Waals surface area contributed by atoms with Crippen LogP contribution in [-0.2, 0) is 28.6 Å². The summed E-state index contributed by atoms with van der Waals surface area (Å²) in [6, 6.07) is 0. The number of esters is 3. The van der Waals surface area contributed by atoms with Gasteiger partial charge in [-0.2, -0.15) is 0 Å². The van der Waals surface area contributed by atoms with Crippen molar-refractivity contribution in [2.75, 3.05) is 13.2 Å². The molecule has 1 atom stereocenters. The first kappa shape index (κ1) is 51.9. The molecule has 0 radical (unpaired) electrons. The molecule has 0 aliphatic heterocycles. The second-order valence-corrected chi connectivity index (χ2v) is 14.6. The van der Waals surface area contributed by atoms with Crippen molar-refractivity contribution in [3.8, 4) is 0 Å². The van der Waals surface area contributed by atoms with E-state index in [1.54, 1.807) is 0 Å². The topological polar surface area (TPSA) is 78.9 Å². The fourth-order valence-electron chi connectivity index (χ4n) is 5.83. The number of rotatable bonds is 39. The van der Waals surface area contributed by atoms with Crippen LogP contribution in [0.25, 0.3) is 0 Å². The number of carbonyl (C=O) groups excluding carboxylic acids is 3. The maximum Gasteiger partial charge on any atom is 0.306 e. The number of hydrogen-bond donors (Lipinski definition) is 0. The van der Waals surface area contributed by atoms with Gasteiger partial charge in [0.25, 0.3) is 0 Å². The zero-order chi connectivity index (χ0) is 40.1. The Balaban J connectivity index is 4.48. The summed E-state index contributed by atoms with van der Waals surface area (Å²) < 4.78 is 16.6. The molecule has 0 aliphatic carbocycles. The van der Waals surface area contributed by atoms with E-state index in [-0.39, 0.29) is 44.0 Å².